The summed E-state index contributed by atoms with van der Waals surface area (Å²) >= 11 is 6.87. The third-order valence-electron chi connectivity index (χ3n) is 2.80. The summed E-state index contributed by atoms with van der Waals surface area (Å²) in [6.45, 7) is 2.99. The molecule has 1 atom stereocenters. The third kappa shape index (κ3) is 3.96. The molecule has 0 radical (unpaired) electrons. The van der Waals surface area contributed by atoms with Crippen molar-refractivity contribution in [2.75, 3.05) is 6.54 Å². The van der Waals surface area contributed by atoms with E-state index in [0.29, 0.717) is 6.42 Å². The van der Waals surface area contributed by atoms with Crippen LogP contribution >= 0.6 is 23.3 Å². The molecule has 1 N–H and O–H groups in total. The highest BCUT2D eigenvalue weighted by molar-refractivity contribution is 6.99. The molecule has 0 bridgehead atoms. The summed E-state index contributed by atoms with van der Waals surface area (Å²) < 4.78 is 21.7. The normalized spacial score (nSPS) is 12.6. The van der Waals surface area contributed by atoms with Crippen LogP contribution in [0.3, 0.4) is 0 Å². The van der Waals surface area contributed by atoms with Gasteiger partial charge in [0.1, 0.15) is 5.82 Å². The van der Waals surface area contributed by atoms with Gasteiger partial charge in [-0.05, 0) is 37.1 Å². The molecule has 3 nitrogen and oxygen atoms in total. The van der Waals surface area contributed by atoms with Gasteiger partial charge in [-0.25, -0.2) is 4.39 Å². The Morgan fingerprint density at radius 2 is 2.32 bits per heavy atom. The predicted molar refractivity (Wildman–Crippen MR) is 76.1 cm³/mol. The minimum absolute atomic E-state index is 0.0549. The maximum atomic E-state index is 13.4. The third-order valence-corrected chi connectivity index (χ3v) is 3.60. The van der Waals surface area contributed by atoms with Crippen molar-refractivity contribution in [3.63, 3.8) is 0 Å². The fourth-order valence-electron chi connectivity index (χ4n) is 1.83. The van der Waals surface area contributed by atoms with Gasteiger partial charge in [0, 0.05) is 0 Å². The highest BCUT2D eigenvalue weighted by Gasteiger charge is 2.15. The summed E-state index contributed by atoms with van der Waals surface area (Å²) in [5.41, 5.74) is 1.79. The Hall–Kier alpha value is -1.04. The molecule has 0 saturated carbocycles. The summed E-state index contributed by atoms with van der Waals surface area (Å²) in [6, 6.07) is 4.95. The van der Waals surface area contributed by atoms with E-state index in [9.17, 15) is 4.39 Å². The number of rotatable bonds is 6. The first-order valence-corrected chi connectivity index (χ1v) is 7.26. The lowest BCUT2D eigenvalue weighted by atomic mass is 10.0. The summed E-state index contributed by atoms with van der Waals surface area (Å²) in [4.78, 5) is 0. The molecular formula is C13H15ClFN3S. The van der Waals surface area contributed by atoms with Gasteiger partial charge in [0.2, 0.25) is 0 Å². The Balaban J connectivity index is 2.13. The first-order valence-electron chi connectivity index (χ1n) is 6.15. The quantitative estimate of drug-likeness (QED) is 0.885. The van der Waals surface area contributed by atoms with Crippen LogP contribution in [0.25, 0.3) is 0 Å². The van der Waals surface area contributed by atoms with Crippen LogP contribution in [0.1, 0.15) is 30.6 Å². The van der Waals surface area contributed by atoms with Crippen molar-refractivity contribution in [1.82, 2.24) is 14.1 Å². The number of aromatic nitrogens is 2. The molecule has 0 aliphatic carbocycles. The van der Waals surface area contributed by atoms with Crippen LogP contribution in [-0.4, -0.2) is 15.3 Å². The second-order valence-electron chi connectivity index (χ2n) is 4.29. The van der Waals surface area contributed by atoms with Crippen molar-refractivity contribution in [3.05, 3.63) is 46.5 Å². The van der Waals surface area contributed by atoms with E-state index in [1.807, 2.05) is 6.07 Å². The fraction of sp³-hybridized carbons (Fsp3) is 0.385. The van der Waals surface area contributed by atoms with Gasteiger partial charge in [0.15, 0.2) is 0 Å². The van der Waals surface area contributed by atoms with E-state index in [1.54, 1.807) is 12.3 Å². The number of nitrogens with one attached hydrogen (secondary N) is 1. The molecule has 0 saturated heterocycles. The largest absolute Gasteiger partial charge is 0.308 e. The summed E-state index contributed by atoms with van der Waals surface area (Å²) in [6.07, 6.45) is 3.45. The van der Waals surface area contributed by atoms with Gasteiger partial charge < -0.3 is 5.32 Å². The number of hydrogen-bond donors (Lipinski definition) is 1. The molecule has 2 aromatic rings. The second-order valence-corrected chi connectivity index (χ2v) is 5.26. The molecule has 0 amide bonds. The van der Waals surface area contributed by atoms with Crippen LogP contribution in [0.2, 0.25) is 5.02 Å². The Morgan fingerprint density at radius 1 is 1.47 bits per heavy atom. The highest BCUT2D eigenvalue weighted by Crippen LogP contribution is 2.21. The zero-order chi connectivity index (χ0) is 13.7. The van der Waals surface area contributed by atoms with E-state index >= 15 is 0 Å². The minimum Gasteiger partial charge on any atom is -0.308 e. The maximum absolute atomic E-state index is 13.4. The number of hydrogen-bond acceptors (Lipinski definition) is 4. The van der Waals surface area contributed by atoms with Gasteiger partial charge >= 0.3 is 0 Å². The summed E-state index contributed by atoms with van der Waals surface area (Å²) in [5, 5.41) is 3.55. The molecule has 1 heterocycles. The lowest BCUT2D eigenvalue weighted by Gasteiger charge is -2.16. The first-order chi connectivity index (χ1) is 9.20. The average molecular weight is 300 g/mol. The van der Waals surface area contributed by atoms with Crippen molar-refractivity contribution < 1.29 is 4.39 Å². The van der Waals surface area contributed by atoms with Crippen molar-refractivity contribution >= 4 is 23.3 Å². The van der Waals surface area contributed by atoms with Crippen molar-refractivity contribution in [2.24, 2.45) is 0 Å². The zero-order valence-electron chi connectivity index (χ0n) is 10.6. The molecule has 2 rings (SSSR count). The molecule has 0 spiro atoms. The van der Waals surface area contributed by atoms with Crippen LogP contribution in [0, 0.1) is 5.82 Å². The Kier molecular flexibility index (Phi) is 5.24. The van der Waals surface area contributed by atoms with E-state index < -0.39 is 0 Å². The van der Waals surface area contributed by atoms with Gasteiger partial charge in [-0.15, -0.1) is 0 Å². The molecule has 1 unspecified atom stereocenters. The van der Waals surface area contributed by atoms with Crippen LogP contribution in [0.5, 0.6) is 0 Å². The lowest BCUT2D eigenvalue weighted by molar-refractivity contribution is 0.519. The molecule has 1 aromatic heterocycles. The van der Waals surface area contributed by atoms with E-state index in [-0.39, 0.29) is 16.9 Å². The van der Waals surface area contributed by atoms with Crippen molar-refractivity contribution in [3.8, 4) is 0 Å². The molecule has 19 heavy (non-hydrogen) atoms. The minimum atomic E-state index is -0.384. The monoisotopic (exact) mass is 299 g/mol. The SMILES string of the molecule is CCCNC(Cc1ccc(Cl)c(F)c1)c1cnsn1. The Bertz CT molecular complexity index is 519. The molecule has 0 aliphatic heterocycles. The Morgan fingerprint density at radius 3 is 2.95 bits per heavy atom. The lowest BCUT2D eigenvalue weighted by Crippen LogP contribution is -2.24. The highest BCUT2D eigenvalue weighted by atomic mass is 35.5. The van der Waals surface area contributed by atoms with E-state index in [2.05, 4.69) is 21.0 Å². The molecule has 0 aliphatic rings. The first kappa shape index (κ1) is 14.4. The number of halogens is 2. The average Bonchev–Trinajstić information content (AvgIpc) is 2.92. The Labute approximate surface area is 121 Å². The van der Waals surface area contributed by atoms with Crippen molar-refractivity contribution in [2.45, 2.75) is 25.8 Å². The topological polar surface area (TPSA) is 37.8 Å². The number of nitrogens with zero attached hydrogens (tertiary/aromatic N) is 2. The molecule has 0 fully saturated rings. The van der Waals surface area contributed by atoms with E-state index in [4.69, 9.17) is 11.6 Å². The zero-order valence-corrected chi connectivity index (χ0v) is 12.1. The van der Waals surface area contributed by atoms with Crippen molar-refractivity contribution in [1.29, 1.82) is 0 Å². The van der Waals surface area contributed by atoms with Crippen LogP contribution < -0.4 is 5.32 Å². The standard InChI is InChI=1S/C13H15ClFN3S/c1-2-5-16-12(13-8-17-19-18-13)7-9-3-4-10(14)11(15)6-9/h3-4,6,8,12,16H,2,5,7H2,1H3. The summed E-state index contributed by atoms with van der Waals surface area (Å²) in [5.74, 6) is -0.384. The van der Waals surface area contributed by atoms with Gasteiger partial charge in [-0.1, -0.05) is 24.6 Å². The summed E-state index contributed by atoms with van der Waals surface area (Å²) in [7, 11) is 0. The van der Waals surface area contributed by atoms with Gasteiger partial charge in [0.05, 0.1) is 34.7 Å². The van der Waals surface area contributed by atoms with E-state index in [0.717, 1.165) is 24.2 Å². The predicted octanol–water partition coefficient (Wildman–Crippen LogP) is 3.61. The second kappa shape index (κ2) is 6.93. The smallest absolute Gasteiger partial charge is 0.142 e. The van der Waals surface area contributed by atoms with Crippen LogP contribution in [-0.2, 0) is 6.42 Å². The molecule has 1 aromatic carbocycles. The van der Waals surface area contributed by atoms with Gasteiger partial charge in [-0.2, -0.15) is 8.75 Å². The van der Waals surface area contributed by atoms with Crippen LogP contribution in [0.4, 0.5) is 4.39 Å². The number of benzene rings is 1. The maximum Gasteiger partial charge on any atom is 0.142 e. The fourth-order valence-corrected chi connectivity index (χ4v) is 2.42. The molecular weight excluding hydrogens is 285 g/mol. The molecule has 102 valence electrons. The van der Waals surface area contributed by atoms with Crippen LogP contribution in [0.15, 0.2) is 24.4 Å². The van der Waals surface area contributed by atoms with E-state index in [1.165, 1.54) is 17.8 Å². The van der Waals surface area contributed by atoms with Gasteiger partial charge in [0.25, 0.3) is 0 Å². The molecule has 6 heteroatoms. The van der Waals surface area contributed by atoms with Gasteiger partial charge in [-0.3, -0.25) is 0 Å².